The van der Waals surface area contributed by atoms with Crippen molar-refractivity contribution in [1.82, 2.24) is 5.32 Å². The first-order valence-electron chi connectivity index (χ1n) is 6.34. The lowest BCUT2D eigenvalue weighted by atomic mass is 10.2. The second-order valence-corrected chi connectivity index (χ2v) is 4.90. The number of aliphatic hydroxyl groups is 1. The largest absolute Gasteiger partial charge is 0.493 e. The molecule has 17 heavy (non-hydrogen) atoms. The summed E-state index contributed by atoms with van der Waals surface area (Å²) < 4.78 is 5.57. The SMILES string of the molecule is CC(CO)COc1ccc(CNC2CC2)cc1. The summed E-state index contributed by atoms with van der Waals surface area (Å²) >= 11 is 0. The predicted octanol–water partition coefficient (Wildman–Crippen LogP) is 1.95. The summed E-state index contributed by atoms with van der Waals surface area (Å²) in [6, 6.07) is 8.92. The van der Waals surface area contributed by atoms with E-state index in [9.17, 15) is 0 Å². The molecule has 0 spiro atoms. The lowest BCUT2D eigenvalue weighted by molar-refractivity contribution is 0.174. The van der Waals surface area contributed by atoms with Crippen LogP contribution in [0, 0.1) is 5.92 Å². The summed E-state index contributed by atoms with van der Waals surface area (Å²) in [6.07, 6.45) is 2.64. The van der Waals surface area contributed by atoms with E-state index in [1.807, 2.05) is 19.1 Å². The molecule has 2 rings (SSSR count). The molecular weight excluding hydrogens is 214 g/mol. The molecular formula is C14H21NO2. The standard InChI is InChI=1S/C14H21NO2/c1-11(9-16)10-17-14-6-2-12(3-7-14)8-15-13-4-5-13/h2-3,6-7,11,13,15-16H,4-5,8-10H2,1H3. The third-order valence-electron chi connectivity index (χ3n) is 2.94. The molecule has 0 saturated heterocycles. The van der Waals surface area contributed by atoms with Crippen LogP contribution in [-0.2, 0) is 6.54 Å². The van der Waals surface area contributed by atoms with Crippen molar-refractivity contribution in [2.75, 3.05) is 13.2 Å². The maximum atomic E-state index is 8.90. The second kappa shape index (κ2) is 6.03. The Hall–Kier alpha value is -1.06. The Morgan fingerprint density at radius 2 is 2.06 bits per heavy atom. The van der Waals surface area contributed by atoms with Crippen molar-refractivity contribution in [3.63, 3.8) is 0 Å². The monoisotopic (exact) mass is 235 g/mol. The molecule has 1 aromatic carbocycles. The van der Waals surface area contributed by atoms with Gasteiger partial charge in [0.25, 0.3) is 0 Å². The van der Waals surface area contributed by atoms with E-state index in [-0.39, 0.29) is 12.5 Å². The van der Waals surface area contributed by atoms with Crippen LogP contribution in [0.5, 0.6) is 5.75 Å². The quantitative estimate of drug-likeness (QED) is 0.759. The first-order chi connectivity index (χ1) is 8.28. The Morgan fingerprint density at radius 1 is 1.35 bits per heavy atom. The fourth-order valence-electron chi connectivity index (χ4n) is 1.54. The van der Waals surface area contributed by atoms with Crippen molar-refractivity contribution in [3.05, 3.63) is 29.8 Å². The number of ether oxygens (including phenoxy) is 1. The fraction of sp³-hybridized carbons (Fsp3) is 0.571. The molecule has 1 aliphatic rings. The molecule has 2 N–H and O–H groups in total. The van der Waals surface area contributed by atoms with Gasteiger partial charge in [0.1, 0.15) is 5.75 Å². The van der Waals surface area contributed by atoms with Gasteiger partial charge in [-0.15, -0.1) is 0 Å². The maximum absolute atomic E-state index is 8.90. The number of hydrogen-bond acceptors (Lipinski definition) is 3. The summed E-state index contributed by atoms with van der Waals surface area (Å²) in [5, 5.41) is 12.4. The van der Waals surface area contributed by atoms with E-state index in [0.717, 1.165) is 18.3 Å². The Balaban J connectivity index is 1.75. The molecule has 94 valence electrons. The average molecular weight is 235 g/mol. The smallest absolute Gasteiger partial charge is 0.119 e. The third-order valence-corrected chi connectivity index (χ3v) is 2.94. The van der Waals surface area contributed by atoms with Crippen LogP contribution in [0.3, 0.4) is 0 Å². The number of benzene rings is 1. The van der Waals surface area contributed by atoms with E-state index in [1.165, 1.54) is 18.4 Å². The van der Waals surface area contributed by atoms with Crippen molar-refractivity contribution in [2.45, 2.75) is 32.4 Å². The van der Waals surface area contributed by atoms with Gasteiger partial charge in [-0.25, -0.2) is 0 Å². The summed E-state index contributed by atoms with van der Waals surface area (Å²) in [5.74, 6) is 1.06. The molecule has 1 aliphatic carbocycles. The summed E-state index contributed by atoms with van der Waals surface area (Å²) in [6.45, 7) is 3.64. The van der Waals surface area contributed by atoms with Crippen LogP contribution in [0.1, 0.15) is 25.3 Å². The highest BCUT2D eigenvalue weighted by molar-refractivity contribution is 5.27. The maximum Gasteiger partial charge on any atom is 0.119 e. The lowest BCUT2D eigenvalue weighted by Crippen LogP contribution is -2.15. The number of rotatable bonds is 7. The van der Waals surface area contributed by atoms with Crippen LogP contribution in [0.4, 0.5) is 0 Å². The fourth-order valence-corrected chi connectivity index (χ4v) is 1.54. The number of nitrogens with one attached hydrogen (secondary N) is 1. The molecule has 0 heterocycles. The van der Waals surface area contributed by atoms with E-state index >= 15 is 0 Å². The molecule has 0 amide bonds. The first kappa shape index (κ1) is 12.4. The van der Waals surface area contributed by atoms with Crippen molar-refractivity contribution >= 4 is 0 Å². The van der Waals surface area contributed by atoms with E-state index in [1.54, 1.807) is 0 Å². The predicted molar refractivity (Wildman–Crippen MR) is 68.0 cm³/mol. The Morgan fingerprint density at radius 3 is 2.65 bits per heavy atom. The minimum absolute atomic E-state index is 0.170. The van der Waals surface area contributed by atoms with Gasteiger partial charge >= 0.3 is 0 Å². The van der Waals surface area contributed by atoms with Gasteiger partial charge in [0.2, 0.25) is 0 Å². The lowest BCUT2D eigenvalue weighted by Gasteiger charge is -2.11. The van der Waals surface area contributed by atoms with Gasteiger partial charge in [0.05, 0.1) is 6.61 Å². The van der Waals surface area contributed by atoms with Gasteiger partial charge in [-0.2, -0.15) is 0 Å². The van der Waals surface area contributed by atoms with Gasteiger partial charge in [0.15, 0.2) is 0 Å². The Labute approximate surface area is 103 Å². The van der Waals surface area contributed by atoms with Crippen LogP contribution >= 0.6 is 0 Å². The van der Waals surface area contributed by atoms with Gasteiger partial charge < -0.3 is 15.2 Å². The molecule has 0 aliphatic heterocycles. The van der Waals surface area contributed by atoms with Gasteiger partial charge in [-0.3, -0.25) is 0 Å². The zero-order valence-electron chi connectivity index (χ0n) is 10.4. The highest BCUT2D eigenvalue weighted by Crippen LogP contribution is 2.20. The highest BCUT2D eigenvalue weighted by atomic mass is 16.5. The third kappa shape index (κ3) is 4.36. The van der Waals surface area contributed by atoms with Crippen molar-refractivity contribution in [2.24, 2.45) is 5.92 Å². The molecule has 1 unspecified atom stereocenters. The minimum Gasteiger partial charge on any atom is -0.493 e. The molecule has 0 aromatic heterocycles. The van der Waals surface area contributed by atoms with E-state index in [2.05, 4.69) is 17.4 Å². The minimum atomic E-state index is 0.170. The zero-order valence-corrected chi connectivity index (χ0v) is 10.4. The van der Waals surface area contributed by atoms with Crippen LogP contribution < -0.4 is 10.1 Å². The highest BCUT2D eigenvalue weighted by Gasteiger charge is 2.19. The van der Waals surface area contributed by atoms with Crippen LogP contribution in [0.15, 0.2) is 24.3 Å². The van der Waals surface area contributed by atoms with E-state index in [4.69, 9.17) is 9.84 Å². The second-order valence-electron chi connectivity index (χ2n) is 4.90. The topological polar surface area (TPSA) is 41.5 Å². The van der Waals surface area contributed by atoms with Crippen molar-refractivity contribution in [1.29, 1.82) is 0 Å². The van der Waals surface area contributed by atoms with Crippen molar-refractivity contribution in [3.8, 4) is 5.75 Å². The van der Waals surface area contributed by atoms with Gasteiger partial charge in [-0.1, -0.05) is 19.1 Å². The zero-order chi connectivity index (χ0) is 12.1. The van der Waals surface area contributed by atoms with E-state index < -0.39 is 0 Å². The number of hydrogen-bond donors (Lipinski definition) is 2. The molecule has 3 heteroatoms. The van der Waals surface area contributed by atoms with Crippen LogP contribution in [0.25, 0.3) is 0 Å². The van der Waals surface area contributed by atoms with Gasteiger partial charge in [0, 0.05) is 25.1 Å². The molecule has 1 atom stereocenters. The Kier molecular flexibility index (Phi) is 4.40. The van der Waals surface area contributed by atoms with E-state index in [0.29, 0.717) is 6.61 Å². The summed E-state index contributed by atoms with van der Waals surface area (Å²) in [5.41, 5.74) is 1.29. The molecule has 1 aromatic rings. The average Bonchev–Trinajstić information content (AvgIpc) is 3.18. The Bertz CT molecular complexity index is 333. The summed E-state index contributed by atoms with van der Waals surface area (Å²) in [4.78, 5) is 0. The van der Waals surface area contributed by atoms with Gasteiger partial charge in [-0.05, 0) is 30.5 Å². The summed E-state index contributed by atoms with van der Waals surface area (Å²) in [7, 11) is 0. The van der Waals surface area contributed by atoms with Crippen LogP contribution in [0.2, 0.25) is 0 Å². The molecule has 0 radical (unpaired) electrons. The molecule has 1 fully saturated rings. The first-order valence-corrected chi connectivity index (χ1v) is 6.34. The molecule has 0 bridgehead atoms. The van der Waals surface area contributed by atoms with Crippen molar-refractivity contribution < 1.29 is 9.84 Å². The normalized spacial score (nSPS) is 16.8. The molecule has 1 saturated carbocycles. The number of aliphatic hydroxyl groups excluding tert-OH is 1. The molecule has 3 nitrogen and oxygen atoms in total. The van der Waals surface area contributed by atoms with Crippen LogP contribution in [-0.4, -0.2) is 24.4 Å².